The van der Waals surface area contributed by atoms with Gasteiger partial charge in [0.25, 0.3) is 0 Å². The van der Waals surface area contributed by atoms with Crippen LogP contribution in [-0.2, 0) is 11.2 Å². The summed E-state index contributed by atoms with van der Waals surface area (Å²) in [6.45, 7) is 0. The van der Waals surface area contributed by atoms with Gasteiger partial charge in [-0.15, -0.1) is 0 Å². The molecule has 0 bridgehead atoms. The van der Waals surface area contributed by atoms with Crippen molar-refractivity contribution in [1.29, 1.82) is 0 Å². The van der Waals surface area contributed by atoms with Gasteiger partial charge in [-0.3, -0.25) is 0 Å². The molecule has 94 valence electrons. The lowest BCUT2D eigenvalue weighted by Gasteiger charge is -2.10. The minimum Gasteiger partial charge on any atom is -0.606 e. The average molecular weight is 307 g/mol. The van der Waals surface area contributed by atoms with Crippen molar-refractivity contribution in [2.24, 2.45) is 0 Å². The molecule has 2 aromatic rings. The van der Waals surface area contributed by atoms with Gasteiger partial charge in [-0.2, -0.15) is 0 Å². The molecule has 0 unspecified atom stereocenters. The molecule has 0 N–H and O–H groups in total. The van der Waals surface area contributed by atoms with Gasteiger partial charge in [0.05, 0.1) is 10.0 Å². The maximum Gasteiger partial charge on any atom is 0.161 e. The van der Waals surface area contributed by atoms with Crippen LogP contribution in [0.2, 0.25) is 10.0 Å². The van der Waals surface area contributed by atoms with Crippen LogP contribution in [0, 0.1) is 11.6 Å². The second-order valence-electron chi connectivity index (χ2n) is 3.42. The monoisotopic (exact) mass is 306 g/mol. The van der Waals surface area contributed by atoms with Crippen molar-refractivity contribution in [3.63, 3.8) is 0 Å². The van der Waals surface area contributed by atoms with E-state index in [2.05, 4.69) is 0 Å². The average Bonchev–Trinajstić information content (AvgIpc) is 2.35. The number of hydrogen-bond donors (Lipinski definition) is 0. The number of halogens is 4. The van der Waals surface area contributed by atoms with Crippen molar-refractivity contribution in [3.05, 3.63) is 58.1 Å². The molecular weight excluding hydrogens is 301 g/mol. The summed E-state index contributed by atoms with van der Waals surface area (Å²) in [5.41, 5.74) is 0. The molecule has 0 saturated heterocycles. The third kappa shape index (κ3) is 2.78. The summed E-state index contributed by atoms with van der Waals surface area (Å²) < 4.78 is 38.5. The van der Waals surface area contributed by atoms with Crippen LogP contribution < -0.4 is 0 Å². The van der Waals surface area contributed by atoms with E-state index in [4.69, 9.17) is 23.2 Å². The summed E-state index contributed by atoms with van der Waals surface area (Å²) in [6.07, 6.45) is 0. The SMILES string of the molecule is [O-][S+](c1ccc(Cl)c(F)c1)c1ccc(Cl)c(F)c1. The van der Waals surface area contributed by atoms with Gasteiger partial charge in [0.2, 0.25) is 0 Å². The Labute approximate surface area is 116 Å². The molecule has 0 atom stereocenters. The van der Waals surface area contributed by atoms with E-state index in [9.17, 15) is 13.3 Å². The highest BCUT2D eigenvalue weighted by Crippen LogP contribution is 2.26. The Hall–Kier alpha value is -0.810. The Morgan fingerprint density at radius 1 is 0.833 bits per heavy atom. The fourth-order valence-electron chi connectivity index (χ4n) is 1.32. The van der Waals surface area contributed by atoms with Crippen LogP contribution in [0.25, 0.3) is 0 Å². The van der Waals surface area contributed by atoms with E-state index < -0.39 is 22.8 Å². The van der Waals surface area contributed by atoms with Crippen molar-refractivity contribution in [2.75, 3.05) is 0 Å². The first-order valence-corrected chi connectivity index (χ1v) is 6.71. The Balaban J connectivity index is 2.37. The van der Waals surface area contributed by atoms with Crippen molar-refractivity contribution in [3.8, 4) is 0 Å². The zero-order valence-corrected chi connectivity index (χ0v) is 11.1. The highest BCUT2D eigenvalue weighted by Gasteiger charge is 2.18. The van der Waals surface area contributed by atoms with Gasteiger partial charge >= 0.3 is 0 Å². The summed E-state index contributed by atoms with van der Waals surface area (Å²) in [5.74, 6) is -1.34. The fraction of sp³-hybridized carbons (Fsp3) is 0. The Kier molecular flexibility index (Phi) is 4.12. The summed E-state index contributed by atoms with van der Waals surface area (Å²) in [6, 6.07) is 7.57. The second-order valence-corrected chi connectivity index (χ2v) is 5.72. The zero-order valence-electron chi connectivity index (χ0n) is 8.79. The summed E-state index contributed by atoms with van der Waals surface area (Å²) in [5, 5.41) is -0.115. The molecule has 2 rings (SSSR count). The minimum absolute atomic E-state index is 0.0574. The van der Waals surface area contributed by atoms with Crippen LogP contribution in [0.5, 0.6) is 0 Å². The second kappa shape index (κ2) is 5.45. The number of hydrogen-bond acceptors (Lipinski definition) is 1. The molecule has 0 aliphatic carbocycles. The topological polar surface area (TPSA) is 23.1 Å². The highest BCUT2D eigenvalue weighted by molar-refractivity contribution is 7.91. The van der Waals surface area contributed by atoms with Crippen LogP contribution in [-0.4, -0.2) is 4.55 Å². The molecule has 2 aromatic carbocycles. The van der Waals surface area contributed by atoms with Gasteiger partial charge in [0.15, 0.2) is 9.79 Å². The lowest BCUT2D eigenvalue weighted by atomic mass is 10.3. The molecule has 0 aromatic heterocycles. The highest BCUT2D eigenvalue weighted by atomic mass is 35.5. The molecule has 1 nitrogen and oxygen atoms in total. The maximum absolute atomic E-state index is 13.2. The lowest BCUT2D eigenvalue weighted by molar-refractivity contribution is 0.586. The van der Waals surface area contributed by atoms with Gasteiger partial charge in [-0.05, 0) is 24.3 Å². The summed E-state index contributed by atoms with van der Waals surface area (Å²) in [7, 11) is 0. The predicted molar refractivity (Wildman–Crippen MR) is 67.5 cm³/mol. The number of benzene rings is 2. The van der Waals surface area contributed by atoms with Crippen LogP contribution in [0.4, 0.5) is 8.78 Å². The zero-order chi connectivity index (χ0) is 13.3. The molecule has 0 aliphatic heterocycles. The molecule has 6 heteroatoms. The fourth-order valence-corrected chi connectivity index (χ4v) is 2.63. The molecule has 0 radical (unpaired) electrons. The molecule has 0 aliphatic rings. The van der Waals surface area contributed by atoms with Gasteiger partial charge in [-0.25, -0.2) is 8.78 Å². The van der Waals surface area contributed by atoms with E-state index in [1.54, 1.807) is 0 Å². The van der Waals surface area contributed by atoms with E-state index >= 15 is 0 Å². The standard InChI is InChI=1S/C12H6Cl2F2OS/c13-9-3-1-7(5-11(9)15)18(17)8-2-4-10(14)12(16)6-8/h1-6H. The molecule has 0 spiro atoms. The molecule has 0 fully saturated rings. The molecule has 0 saturated carbocycles. The molecule has 18 heavy (non-hydrogen) atoms. The van der Waals surface area contributed by atoms with Crippen molar-refractivity contribution < 1.29 is 13.3 Å². The minimum atomic E-state index is -1.68. The lowest BCUT2D eigenvalue weighted by Crippen LogP contribution is -2.03. The quantitative estimate of drug-likeness (QED) is 0.752. The Morgan fingerprint density at radius 2 is 1.22 bits per heavy atom. The van der Waals surface area contributed by atoms with Gasteiger partial charge in [0, 0.05) is 23.3 Å². The number of rotatable bonds is 2. The smallest absolute Gasteiger partial charge is 0.161 e. The molecule has 0 amide bonds. The summed E-state index contributed by atoms with van der Waals surface area (Å²) in [4.78, 5) is 0.414. The van der Waals surface area contributed by atoms with Crippen molar-refractivity contribution in [1.82, 2.24) is 0 Å². The van der Waals surface area contributed by atoms with E-state index in [-0.39, 0.29) is 19.8 Å². The third-order valence-electron chi connectivity index (χ3n) is 2.21. The van der Waals surface area contributed by atoms with E-state index in [0.29, 0.717) is 0 Å². The van der Waals surface area contributed by atoms with Crippen LogP contribution in [0.15, 0.2) is 46.2 Å². The van der Waals surface area contributed by atoms with Gasteiger partial charge < -0.3 is 4.55 Å². The Bertz CT molecular complexity index is 541. The van der Waals surface area contributed by atoms with Crippen molar-refractivity contribution in [2.45, 2.75) is 9.79 Å². The van der Waals surface area contributed by atoms with E-state index in [1.165, 1.54) is 24.3 Å². The Morgan fingerprint density at radius 3 is 1.56 bits per heavy atom. The first kappa shape index (κ1) is 13.6. The third-order valence-corrected chi connectivity index (χ3v) is 4.19. The first-order chi connectivity index (χ1) is 8.49. The maximum atomic E-state index is 13.2. The molecular formula is C12H6Cl2F2OS. The first-order valence-electron chi connectivity index (χ1n) is 4.81. The van der Waals surface area contributed by atoms with E-state index in [0.717, 1.165) is 12.1 Å². The van der Waals surface area contributed by atoms with E-state index in [1.807, 2.05) is 0 Å². The van der Waals surface area contributed by atoms with Gasteiger partial charge in [-0.1, -0.05) is 23.2 Å². The van der Waals surface area contributed by atoms with Gasteiger partial charge in [0.1, 0.15) is 11.6 Å². The van der Waals surface area contributed by atoms with Crippen LogP contribution in [0.3, 0.4) is 0 Å². The van der Waals surface area contributed by atoms with Crippen LogP contribution in [0.1, 0.15) is 0 Å². The summed E-state index contributed by atoms with van der Waals surface area (Å²) >= 11 is 9.37. The van der Waals surface area contributed by atoms with Crippen molar-refractivity contribution >= 4 is 34.4 Å². The molecule has 0 heterocycles. The largest absolute Gasteiger partial charge is 0.606 e. The normalized spacial score (nSPS) is 11.0. The van der Waals surface area contributed by atoms with Crippen LogP contribution >= 0.6 is 23.2 Å². The predicted octanol–water partition coefficient (Wildman–Crippen LogP) is 4.44.